The van der Waals surface area contributed by atoms with Crippen LogP contribution in [0.3, 0.4) is 0 Å². The summed E-state index contributed by atoms with van der Waals surface area (Å²) in [6.07, 6.45) is 60.9. The molecule has 6 nitrogen and oxygen atoms in total. The maximum atomic E-state index is 12.8. The normalized spacial score (nSPS) is 12.4. The van der Waals surface area contributed by atoms with Crippen molar-refractivity contribution in [1.29, 1.82) is 0 Å². The lowest BCUT2D eigenvalue weighted by molar-refractivity contribution is -0.167. The summed E-state index contributed by atoms with van der Waals surface area (Å²) in [5.74, 6) is -0.899. The first kappa shape index (κ1) is 59.4. The molecule has 0 aliphatic heterocycles. The number of rotatable bonds is 48. The molecule has 360 valence electrons. The molecule has 0 fully saturated rings. The third-order valence-electron chi connectivity index (χ3n) is 11.6. The summed E-state index contributed by atoms with van der Waals surface area (Å²) >= 11 is 0. The van der Waals surface area contributed by atoms with Crippen LogP contribution in [0.1, 0.15) is 271 Å². The molecular weight excluding hydrogens is 769 g/mol. The zero-order valence-corrected chi connectivity index (χ0v) is 41.1. The van der Waals surface area contributed by atoms with Crippen LogP contribution >= 0.6 is 0 Å². The van der Waals surface area contributed by atoms with Gasteiger partial charge in [0.05, 0.1) is 0 Å². The standard InChI is InChI=1S/C56H100O6/c1-4-7-10-13-16-19-22-25-28-31-34-37-40-43-46-49-55(58)61-52-53(51-60-54(57)48-45-42-39-36-33-30-27-24-21-18-15-12-9-6-3)62-56(59)50-47-44-41-38-35-32-29-26-23-20-17-14-11-8-5-2/h15-16,18-19,24-25,27-28,53H,4-14,17,20-23,26,29-52H2,1-3H3/b18-15+,19-16+,27-24+,28-25+/t53-/m1/s1. The van der Waals surface area contributed by atoms with E-state index in [4.69, 9.17) is 14.2 Å². The SMILES string of the molecule is CCCC/C=C/C/C=C/CCCCCCCC(=O)OC[C@H](COC(=O)CCCCCCC/C=C/C/C=C/CCCCC)OC(=O)CCCCCCCCCCCCCCCCC. The fraction of sp³-hybridized carbons (Fsp3) is 0.804. The Morgan fingerprint density at radius 1 is 0.323 bits per heavy atom. The molecule has 0 aromatic carbocycles. The van der Waals surface area contributed by atoms with Crippen LogP contribution in [-0.2, 0) is 28.6 Å². The van der Waals surface area contributed by atoms with Gasteiger partial charge in [-0.05, 0) is 77.0 Å². The Morgan fingerprint density at radius 3 is 0.968 bits per heavy atom. The Morgan fingerprint density at radius 2 is 0.597 bits per heavy atom. The van der Waals surface area contributed by atoms with Crippen molar-refractivity contribution in [3.63, 3.8) is 0 Å². The summed E-state index contributed by atoms with van der Waals surface area (Å²) in [7, 11) is 0. The zero-order chi connectivity index (χ0) is 45.1. The number of esters is 3. The molecule has 0 aliphatic rings. The van der Waals surface area contributed by atoms with Crippen LogP contribution in [0, 0.1) is 0 Å². The molecule has 0 aromatic rings. The number of unbranched alkanes of at least 4 members (excludes halogenated alkanes) is 29. The number of hydrogen-bond donors (Lipinski definition) is 0. The largest absolute Gasteiger partial charge is 0.462 e. The van der Waals surface area contributed by atoms with Crippen LogP contribution < -0.4 is 0 Å². The summed E-state index contributed by atoms with van der Waals surface area (Å²) in [6.45, 7) is 6.57. The van der Waals surface area contributed by atoms with Gasteiger partial charge in [0.15, 0.2) is 6.10 Å². The van der Waals surface area contributed by atoms with Gasteiger partial charge in [0.25, 0.3) is 0 Å². The minimum absolute atomic E-state index is 0.0828. The van der Waals surface area contributed by atoms with Crippen LogP contribution in [0.5, 0.6) is 0 Å². The molecule has 0 amide bonds. The summed E-state index contributed by atoms with van der Waals surface area (Å²) in [4.78, 5) is 38.0. The molecule has 0 spiro atoms. The van der Waals surface area contributed by atoms with Crippen molar-refractivity contribution >= 4 is 17.9 Å². The molecule has 6 heteroatoms. The van der Waals surface area contributed by atoms with Crippen LogP contribution in [0.2, 0.25) is 0 Å². The second kappa shape index (κ2) is 51.0. The molecule has 0 heterocycles. The van der Waals surface area contributed by atoms with Crippen molar-refractivity contribution < 1.29 is 28.6 Å². The Bertz CT molecular complexity index is 1090. The Labute approximate surface area is 384 Å². The predicted molar refractivity (Wildman–Crippen MR) is 265 cm³/mol. The van der Waals surface area contributed by atoms with Gasteiger partial charge < -0.3 is 14.2 Å². The van der Waals surface area contributed by atoms with E-state index in [2.05, 4.69) is 69.4 Å². The van der Waals surface area contributed by atoms with Gasteiger partial charge in [-0.3, -0.25) is 14.4 Å². The van der Waals surface area contributed by atoms with E-state index >= 15 is 0 Å². The highest BCUT2D eigenvalue weighted by Crippen LogP contribution is 2.15. The Kier molecular flexibility index (Phi) is 48.8. The number of ether oxygens (including phenoxy) is 3. The van der Waals surface area contributed by atoms with Crippen LogP contribution in [0.25, 0.3) is 0 Å². The fourth-order valence-electron chi connectivity index (χ4n) is 7.49. The molecule has 0 rings (SSSR count). The monoisotopic (exact) mass is 869 g/mol. The third-order valence-corrected chi connectivity index (χ3v) is 11.6. The number of carbonyl (C=O) groups excluding carboxylic acids is 3. The van der Waals surface area contributed by atoms with E-state index in [1.54, 1.807) is 0 Å². The van der Waals surface area contributed by atoms with E-state index in [0.29, 0.717) is 19.3 Å². The Balaban J connectivity index is 4.40. The minimum Gasteiger partial charge on any atom is -0.462 e. The average molecular weight is 869 g/mol. The van der Waals surface area contributed by atoms with Crippen LogP contribution in [0.15, 0.2) is 48.6 Å². The third kappa shape index (κ3) is 48.4. The average Bonchev–Trinajstić information content (AvgIpc) is 3.27. The van der Waals surface area contributed by atoms with Gasteiger partial charge in [-0.25, -0.2) is 0 Å². The molecule has 0 aliphatic carbocycles. The smallest absolute Gasteiger partial charge is 0.306 e. The van der Waals surface area contributed by atoms with Crippen molar-refractivity contribution in [3.8, 4) is 0 Å². The highest BCUT2D eigenvalue weighted by Gasteiger charge is 2.19. The van der Waals surface area contributed by atoms with Gasteiger partial charge in [-0.1, -0.05) is 223 Å². The van der Waals surface area contributed by atoms with E-state index in [0.717, 1.165) is 96.3 Å². The molecule has 1 atom stereocenters. The van der Waals surface area contributed by atoms with Crippen molar-refractivity contribution in [3.05, 3.63) is 48.6 Å². The van der Waals surface area contributed by atoms with Gasteiger partial charge >= 0.3 is 17.9 Å². The topological polar surface area (TPSA) is 78.9 Å². The van der Waals surface area contributed by atoms with E-state index in [1.165, 1.54) is 135 Å². The summed E-state index contributed by atoms with van der Waals surface area (Å²) in [5.41, 5.74) is 0. The van der Waals surface area contributed by atoms with Gasteiger partial charge in [0.1, 0.15) is 13.2 Å². The van der Waals surface area contributed by atoms with E-state index in [1.807, 2.05) is 0 Å². The minimum atomic E-state index is -0.781. The van der Waals surface area contributed by atoms with E-state index < -0.39 is 6.10 Å². The van der Waals surface area contributed by atoms with Crippen molar-refractivity contribution in [1.82, 2.24) is 0 Å². The first-order valence-corrected chi connectivity index (χ1v) is 26.6. The molecular formula is C56H100O6. The first-order chi connectivity index (χ1) is 30.5. The van der Waals surface area contributed by atoms with Gasteiger partial charge in [-0.2, -0.15) is 0 Å². The second-order valence-electron chi connectivity index (χ2n) is 17.8. The van der Waals surface area contributed by atoms with Crippen molar-refractivity contribution in [2.24, 2.45) is 0 Å². The van der Waals surface area contributed by atoms with Crippen molar-refractivity contribution in [2.75, 3.05) is 13.2 Å². The first-order valence-electron chi connectivity index (χ1n) is 26.6. The van der Waals surface area contributed by atoms with Gasteiger partial charge in [-0.15, -0.1) is 0 Å². The summed E-state index contributed by atoms with van der Waals surface area (Å²) in [5, 5.41) is 0. The van der Waals surface area contributed by atoms with Gasteiger partial charge in [0, 0.05) is 19.3 Å². The second-order valence-corrected chi connectivity index (χ2v) is 17.8. The molecule has 0 bridgehead atoms. The molecule has 0 aromatic heterocycles. The number of hydrogen-bond acceptors (Lipinski definition) is 6. The molecule has 0 saturated carbocycles. The zero-order valence-electron chi connectivity index (χ0n) is 41.1. The fourth-order valence-corrected chi connectivity index (χ4v) is 7.49. The lowest BCUT2D eigenvalue weighted by Crippen LogP contribution is -2.30. The molecule has 62 heavy (non-hydrogen) atoms. The number of carbonyl (C=O) groups is 3. The molecule has 0 saturated heterocycles. The highest BCUT2D eigenvalue weighted by atomic mass is 16.6. The van der Waals surface area contributed by atoms with Crippen LogP contribution in [0.4, 0.5) is 0 Å². The maximum absolute atomic E-state index is 12.8. The summed E-state index contributed by atoms with van der Waals surface area (Å²) in [6, 6.07) is 0. The molecule has 0 unspecified atom stereocenters. The number of allylic oxidation sites excluding steroid dienone is 8. The van der Waals surface area contributed by atoms with E-state index in [9.17, 15) is 14.4 Å². The molecule has 0 radical (unpaired) electrons. The quantitative estimate of drug-likeness (QED) is 0.0262. The highest BCUT2D eigenvalue weighted by molar-refractivity contribution is 5.71. The Hall–Kier alpha value is -2.63. The lowest BCUT2D eigenvalue weighted by Gasteiger charge is -2.18. The summed E-state index contributed by atoms with van der Waals surface area (Å²) < 4.78 is 16.8. The maximum Gasteiger partial charge on any atom is 0.306 e. The van der Waals surface area contributed by atoms with E-state index in [-0.39, 0.29) is 31.1 Å². The lowest BCUT2D eigenvalue weighted by atomic mass is 10.0. The van der Waals surface area contributed by atoms with Crippen molar-refractivity contribution in [2.45, 2.75) is 277 Å². The van der Waals surface area contributed by atoms with Crippen LogP contribution in [-0.4, -0.2) is 37.2 Å². The van der Waals surface area contributed by atoms with Gasteiger partial charge in [0.2, 0.25) is 0 Å². The molecule has 0 N–H and O–H groups in total. The predicted octanol–water partition coefficient (Wildman–Crippen LogP) is 17.5.